The number of anilines is 2. The van der Waals surface area contributed by atoms with Crippen molar-refractivity contribution in [3.05, 3.63) is 54.6 Å². The average Bonchev–Trinajstić information content (AvgIpc) is 2.64. The number of hydrogen-bond acceptors (Lipinski definition) is 4. The molecule has 0 spiro atoms. The molecular formula is C19H21F2N3O2. The van der Waals surface area contributed by atoms with E-state index in [9.17, 15) is 13.6 Å². The van der Waals surface area contributed by atoms with E-state index >= 15 is 0 Å². The fraction of sp³-hybridized carbons (Fsp3) is 0.316. The molecule has 26 heavy (non-hydrogen) atoms. The van der Waals surface area contributed by atoms with Crippen LogP contribution in [0.5, 0.6) is 5.75 Å². The van der Waals surface area contributed by atoms with Gasteiger partial charge in [-0.05, 0) is 24.3 Å². The highest BCUT2D eigenvalue weighted by Gasteiger charge is 2.20. The predicted molar refractivity (Wildman–Crippen MR) is 96.8 cm³/mol. The predicted octanol–water partition coefficient (Wildman–Crippen LogP) is 3.05. The van der Waals surface area contributed by atoms with Crippen LogP contribution in [-0.4, -0.2) is 50.1 Å². The molecule has 0 bridgehead atoms. The lowest BCUT2D eigenvalue weighted by molar-refractivity contribution is -0.117. The van der Waals surface area contributed by atoms with Crippen molar-refractivity contribution in [3.63, 3.8) is 0 Å². The molecule has 2 aromatic carbocycles. The number of carbonyl (C=O) groups is 1. The molecule has 0 radical (unpaired) electrons. The quantitative estimate of drug-likeness (QED) is 0.859. The largest absolute Gasteiger partial charge is 0.433 e. The Labute approximate surface area is 151 Å². The Balaban J connectivity index is 1.51. The Morgan fingerprint density at radius 2 is 1.65 bits per heavy atom. The third kappa shape index (κ3) is 4.92. The summed E-state index contributed by atoms with van der Waals surface area (Å²) in [6, 6.07) is 16.3. The Hall–Kier alpha value is -2.67. The highest BCUT2D eigenvalue weighted by molar-refractivity contribution is 5.93. The van der Waals surface area contributed by atoms with Crippen LogP contribution in [0, 0.1) is 0 Å². The first-order chi connectivity index (χ1) is 12.6. The standard InChI is InChI=1S/C19H21F2N3O2/c20-19(21)26-17-9-5-4-8-16(17)22-18(25)14-23-10-12-24(13-11-23)15-6-2-1-3-7-15/h1-9,19H,10-14H2,(H,22,25). The van der Waals surface area contributed by atoms with Gasteiger partial charge in [-0.25, -0.2) is 0 Å². The first-order valence-corrected chi connectivity index (χ1v) is 8.48. The molecule has 1 aliphatic rings. The molecule has 2 aromatic rings. The zero-order valence-corrected chi connectivity index (χ0v) is 14.3. The van der Waals surface area contributed by atoms with Crippen LogP contribution < -0.4 is 15.0 Å². The van der Waals surface area contributed by atoms with Crippen LogP contribution in [0.15, 0.2) is 54.6 Å². The molecule has 3 rings (SSSR count). The lowest BCUT2D eigenvalue weighted by Crippen LogP contribution is -2.48. The molecule has 0 saturated carbocycles. The summed E-state index contributed by atoms with van der Waals surface area (Å²) in [4.78, 5) is 16.6. The van der Waals surface area contributed by atoms with Gasteiger partial charge < -0.3 is 15.0 Å². The number of rotatable bonds is 6. The van der Waals surface area contributed by atoms with Gasteiger partial charge in [0.2, 0.25) is 5.91 Å². The van der Waals surface area contributed by atoms with E-state index in [0.29, 0.717) is 0 Å². The van der Waals surface area contributed by atoms with Crippen molar-refractivity contribution in [2.75, 3.05) is 42.9 Å². The van der Waals surface area contributed by atoms with Gasteiger partial charge in [0.15, 0.2) is 0 Å². The highest BCUT2D eigenvalue weighted by Crippen LogP contribution is 2.25. The van der Waals surface area contributed by atoms with E-state index in [-0.39, 0.29) is 23.9 Å². The van der Waals surface area contributed by atoms with Crippen LogP contribution in [0.1, 0.15) is 0 Å². The summed E-state index contributed by atoms with van der Waals surface area (Å²) in [5.74, 6) is -0.284. The maximum absolute atomic E-state index is 12.4. The van der Waals surface area contributed by atoms with Crippen LogP contribution in [-0.2, 0) is 4.79 Å². The molecule has 0 aliphatic carbocycles. The van der Waals surface area contributed by atoms with Crippen LogP contribution in [0.4, 0.5) is 20.2 Å². The van der Waals surface area contributed by atoms with Gasteiger partial charge in [-0.15, -0.1) is 0 Å². The summed E-state index contributed by atoms with van der Waals surface area (Å²) in [6.07, 6.45) is 0. The molecule has 1 aliphatic heterocycles. The fourth-order valence-electron chi connectivity index (χ4n) is 2.96. The van der Waals surface area contributed by atoms with Crippen molar-refractivity contribution < 1.29 is 18.3 Å². The van der Waals surface area contributed by atoms with Crippen molar-refractivity contribution in [1.29, 1.82) is 0 Å². The normalized spacial score (nSPS) is 15.1. The SMILES string of the molecule is O=C(CN1CCN(c2ccccc2)CC1)Nc1ccccc1OC(F)F. The zero-order chi connectivity index (χ0) is 18.4. The number of benzene rings is 2. The summed E-state index contributed by atoms with van der Waals surface area (Å²) in [7, 11) is 0. The van der Waals surface area contributed by atoms with E-state index in [1.165, 1.54) is 11.8 Å². The minimum Gasteiger partial charge on any atom is -0.433 e. The summed E-state index contributed by atoms with van der Waals surface area (Å²) in [5.41, 5.74) is 1.43. The number of nitrogens with one attached hydrogen (secondary N) is 1. The minimum atomic E-state index is -2.93. The number of alkyl halides is 2. The van der Waals surface area contributed by atoms with Gasteiger partial charge in [0, 0.05) is 31.9 Å². The molecule has 138 valence electrons. The third-order valence-corrected chi connectivity index (χ3v) is 4.24. The Bertz CT molecular complexity index is 720. The minimum absolute atomic E-state index is 0.0373. The smallest absolute Gasteiger partial charge is 0.387 e. The van der Waals surface area contributed by atoms with Gasteiger partial charge in [-0.1, -0.05) is 30.3 Å². The number of amides is 1. The number of nitrogens with zero attached hydrogens (tertiary/aromatic N) is 2. The molecule has 0 atom stereocenters. The molecule has 1 heterocycles. The maximum Gasteiger partial charge on any atom is 0.387 e. The van der Waals surface area contributed by atoms with Gasteiger partial charge >= 0.3 is 6.61 Å². The van der Waals surface area contributed by atoms with E-state index in [1.54, 1.807) is 18.2 Å². The van der Waals surface area contributed by atoms with Crippen LogP contribution in [0.2, 0.25) is 0 Å². The Kier molecular flexibility index (Phi) is 6.01. The Morgan fingerprint density at radius 1 is 1.00 bits per heavy atom. The summed E-state index contributed by atoms with van der Waals surface area (Å²) in [5, 5.41) is 2.65. The van der Waals surface area contributed by atoms with Crippen LogP contribution in [0.25, 0.3) is 0 Å². The molecule has 1 fully saturated rings. The molecular weight excluding hydrogens is 340 g/mol. The van der Waals surface area contributed by atoms with E-state index in [0.717, 1.165) is 26.2 Å². The van der Waals surface area contributed by atoms with E-state index in [4.69, 9.17) is 0 Å². The summed E-state index contributed by atoms with van der Waals surface area (Å²) >= 11 is 0. The first-order valence-electron chi connectivity index (χ1n) is 8.48. The van der Waals surface area contributed by atoms with E-state index < -0.39 is 6.61 Å². The van der Waals surface area contributed by atoms with E-state index in [2.05, 4.69) is 27.1 Å². The molecule has 5 nitrogen and oxygen atoms in total. The molecule has 1 amide bonds. The monoisotopic (exact) mass is 361 g/mol. The zero-order valence-electron chi connectivity index (χ0n) is 14.3. The van der Waals surface area contributed by atoms with Gasteiger partial charge in [0.1, 0.15) is 5.75 Å². The number of hydrogen-bond donors (Lipinski definition) is 1. The van der Waals surface area contributed by atoms with Gasteiger partial charge in [0.05, 0.1) is 12.2 Å². The number of carbonyl (C=O) groups excluding carboxylic acids is 1. The molecule has 1 saturated heterocycles. The molecule has 0 aromatic heterocycles. The third-order valence-electron chi connectivity index (χ3n) is 4.24. The second-order valence-corrected chi connectivity index (χ2v) is 6.02. The molecule has 1 N–H and O–H groups in total. The van der Waals surface area contributed by atoms with Crippen molar-refractivity contribution in [3.8, 4) is 5.75 Å². The highest BCUT2D eigenvalue weighted by atomic mass is 19.3. The fourth-order valence-corrected chi connectivity index (χ4v) is 2.96. The van der Waals surface area contributed by atoms with Crippen LogP contribution >= 0.6 is 0 Å². The van der Waals surface area contributed by atoms with Crippen molar-refractivity contribution in [2.24, 2.45) is 0 Å². The lowest BCUT2D eigenvalue weighted by Gasteiger charge is -2.35. The average molecular weight is 361 g/mol. The van der Waals surface area contributed by atoms with Crippen molar-refractivity contribution in [1.82, 2.24) is 4.90 Å². The van der Waals surface area contributed by atoms with Crippen molar-refractivity contribution in [2.45, 2.75) is 6.61 Å². The number of piperazine rings is 1. The molecule has 0 unspecified atom stereocenters. The van der Waals surface area contributed by atoms with Crippen molar-refractivity contribution >= 4 is 17.3 Å². The Morgan fingerprint density at radius 3 is 2.35 bits per heavy atom. The number of halogens is 2. The van der Waals surface area contributed by atoms with Gasteiger partial charge in [-0.2, -0.15) is 8.78 Å². The van der Waals surface area contributed by atoms with Gasteiger partial charge in [-0.3, -0.25) is 9.69 Å². The topological polar surface area (TPSA) is 44.8 Å². The maximum atomic E-state index is 12.4. The van der Waals surface area contributed by atoms with E-state index in [1.807, 2.05) is 23.1 Å². The number of ether oxygens (including phenoxy) is 1. The summed E-state index contributed by atoms with van der Waals surface area (Å²) < 4.78 is 29.3. The summed E-state index contributed by atoms with van der Waals surface area (Å²) in [6.45, 7) is 0.477. The van der Waals surface area contributed by atoms with Crippen LogP contribution in [0.3, 0.4) is 0 Å². The number of para-hydroxylation sites is 3. The molecule has 7 heteroatoms. The van der Waals surface area contributed by atoms with Gasteiger partial charge in [0.25, 0.3) is 0 Å². The lowest BCUT2D eigenvalue weighted by atomic mass is 10.2. The first kappa shape index (κ1) is 18.1. The second-order valence-electron chi connectivity index (χ2n) is 6.02. The second kappa shape index (κ2) is 8.62.